The largest absolute Gasteiger partial charge is 0.416 e. The Morgan fingerprint density at radius 2 is 1.91 bits per heavy atom. The van der Waals surface area contributed by atoms with Crippen LogP contribution in [0.2, 0.25) is 0 Å². The van der Waals surface area contributed by atoms with Crippen molar-refractivity contribution in [3.05, 3.63) is 35.4 Å². The lowest BCUT2D eigenvalue weighted by Gasteiger charge is -2.22. The van der Waals surface area contributed by atoms with E-state index in [9.17, 15) is 22.8 Å². The van der Waals surface area contributed by atoms with E-state index in [1.165, 1.54) is 24.1 Å². The molecule has 0 aliphatic heterocycles. The summed E-state index contributed by atoms with van der Waals surface area (Å²) in [5.74, 6) is -0.685. The normalized spacial score (nSPS) is 11.2. The Morgan fingerprint density at radius 3 is 2.48 bits per heavy atom. The fraction of sp³-hybridized carbons (Fsp3) is 0.467. The molecule has 0 aliphatic carbocycles. The zero-order chi connectivity index (χ0) is 17.5. The van der Waals surface area contributed by atoms with E-state index in [1.54, 1.807) is 7.05 Å². The second kappa shape index (κ2) is 8.52. The molecule has 0 spiro atoms. The summed E-state index contributed by atoms with van der Waals surface area (Å²) in [5.41, 5.74) is -0.459. The van der Waals surface area contributed by atoms with E-state index in [1.807, 2.05) is 0 Å². The zero-order valence-corrected chi connectivity index (χ0v) is 13.0. The molecular weight excluding hydrogens is 311 g/mol. The lowest BCUT2D eigenvalue weighted by molar-refractivity contribution is -0.137. The number of halogens is 3. The molecule has 2 N–H and O–H groups in total. The van der Waals surface area contributed by atoms with Crippen LogP contribution in [-0.2, 0) is 22.3 Å². The van der Waals surface area contributed by atoms with E-state index in [2.05, 4.69) is 10.6 Å². The van der Waals surface area contributed by atoms with Crippen molar-refractivity contribution in [1.29, 1.82) is 0 Å². The zero-order valence-electron chi connectivity index (χ0n) is 13.0. The topological polar surface area (TPSA) is 61.4 Å². The highest BCUT2D eigenvalue weighted by molar-refractivity contribution is 5.84. The molecule has 1 rings (SSSR count). The molecule has 0 saturated carbocycles. The number of rotatable bonds is 7. The molecule has 1 aromatic carbocycles. The van der Waals surface area contributed by atoms with Crippen LogP contribution in [0.3, 0.4) is 0 Å². The molecular formula is C15H20F3N3O2. The van der Waals surface area contributed by atoms with Crippen molar-refractivity contribution in [3.63, 3.8) is 0 Å². The molecule has 8 heteroatoms. The molecule has 0 unspecified atom stereocenters. The molecule has 0 bridgehead atoms. The fourth-order valence-electron chi connectivity index (χ4n) is 1.94. The van der Waals surface area contributed by atoms with E-state index in [0.29, 0.717) is 12.1 Å². The number of hydrogen-bond donors (Lipinski definition) is 2. The van der Waals surface area contributed by atoms with Gasteiger partial charge in [0.25, 0.3) is 0 Å². The highest BCUT2D eigenvalue weighted by Crippen LogP contribution is 2.29. The molecule has 0 radical (unpaired) electrons. The van der Waals surface area contributed by atoms with Crippen LogP contribution in [-0.4, -0.2) is 43.9 Å². The third-order valence-corrected chi connectivity index (χ3v) is 3.18. The maximum Gasteiger partial charge on any atom is 0.416 e. The molecule has 1 aromatic rings. The number of carbonyl (C=O) groups is 2. The van der Waals surface area contributed by atoms with Gasteiger partial charge in [-0.3, -0.25) is 9.59 Å². The molecule has 0 aliphatic rings. The molecule has 2 amide bonds. The summed E-state index contributed by atoms with van der Waals surface area (Å²) in [7, 11) is 3.12. The SMILES string of the molecule is CNCCC(=O)N(CC(=O)NC)Cc1cccc(C(F)(F)F)c1. The monoisotopic (exact) mass is 331 g/mol. The second-order valence-electron chi connectivity index (χ2n) is 4.97. The van der Waals surface area contributed by atoms with Crippen LogP contribution in [0, 0.1) is 0 Å². The van der Waals surface area contributed by atoms with Crippen molar-refractivity contribution in [2.24, 2.45) is 0 Å². The lowest BCUT2D eigenvalue weighted by atomic mass is 10.1. The Hall–Kier alpha value is -2.09. The summed E-state index contributed by atoms with van der Waals surface area (Å²) in [6.07, 6.45) is -4.29. The Bertz CT molecular complexity index is 547. The number of alkyl halides is 3. The van der Waals surface area contributed by atoms with E-state index in [0.717, 1.165) is 12.1 Å². The summed E-state index contributed by atoms with van der Waals surface area (Å²) >= 11 is 0. The Balaban J connectivity index is 2.91. The third-order valence-electron chi connectivity index (χ3n) is 3.18. The number of nitrogens with zero attached hydrogens (tertiary/aromatic N) is 1. The molecule has 128 valence electrons. The van der Waals surface area contributed by atoms with Gasteiger partial charge in [-0.15, -0.1) is 0 Å². The van der Waals surface area contributed by atoms with Gasteiger partial charge in [0.05, 0.1) is 12.1 Å². The third kappa shape index (κ3) is 6.27. The number of carbonyl (C=O) groups excluding carboxylic acids is 2. The summed E-state index contributed by atoms with van der Waals surface area (Å²) in [5, 5.41) is 5.22. The van der Waals surface area contributed by atoms with Crippen molar-refractivity contribution in [3.8, 4) is 0 Å². The summed E-state index contributed by atoms with van der Waals surface area (Å²) in [6, 6.07) is 4.74. The average molecular weight is 331 g/mol. The van der Waals surface area contributed by atoms with Crippen LogP contribution < -0.4 is 10.6 Å². The van der Waals surface area contributed by atoms with Crippen LogP contribution in [0.25, 0.3) is 0 Å². The first-order valence-corrected chi connectivity index (χ1v) is 7.07. The van der Waals surface area contributed by atoms with Gasteiger partial charge in [-0.1, -0.05) is 12.1 Å². The minimum atomic E-state index is -4.45. The average Bonchev–Trinajstić information content (AvgIpc) is 2.51. The van der Waals surface area contributed by atoms with Crippen LogP contribution in [0.4, 0.5) is 13.2 Å². The van der Waals surface area contributed by atoms with Gasteiger partial charge < -0.3 is 15.5 Å². The number of benzene rings is 1. The first-order valence-electron chi connectivity index (χ1n) is 7.07. The Labute approximate surface area is 132 Å². The maximum atomic E-state index is 12.7. The predicted octanol–water partition coefficient (Wildman–Crippen LogP) is 1.39. The van der Waals surface area contributed by atoms with E-state index in [-0.39, 0.29) is 31.3 Å². The van der Waals surface area contributed by atoms with Gasteiger partial charge >= 0.3 is 6.18 Å². The number of amides is 2. The first-order chi connectivity index (χ1) is 10.8. The van der Waals surface area contributed by atoms with Gasteiger partial charge in [-0.2, -0.15) is 13.2 Å². The highest BCUT2D eigenvalue weighted by atomic mass is 19.4. The molecule has 0 fully saturated rings. The van der Waals surface area contributed by atoms with Crippen LogP contribution in [0.1, 0.15) is 17.5 Å². The van der Waals surface area contributed by atoms with Gasteiger partial charge in [0.2, 0.25) is 11.8 Å². The van der Waals surface area contributed by atoms with Crippen molar-refractivity contribution in [2.45, 2.75) is 19.1 Å². The van der Waals surface area contributed by atoms with Gasteiger partial charge in [0.1, 0.15) is 0 Å². The van der Waals surface area contributed by atoms with Crippen molar-refractivity contribution >= 4 is 11.8 Å². The van der Waals surface area contributed by atoms with Crippen molar-refractivity contribution < 1.29 is 22.8 Å². The van der Waals surface area contributed by atoms with Crippen molar-refractivity contribution in [2.75, 3.05) is 27.2 Å². The van der Waals surface area contributed by atoms with Crippen LogP contribution in [0.5, 0.6) is 0 Å². The maximum absolute atomic E-state index is 12.7. The molecule has 0 heterocycles. The molecule has 0 atom stereocenters. The van der Waals surface area contributed by atoms with Gasteiger partial charge in [0.15, 0.2) is 0 Å². The van der Waals surface area contributed by atoms with Crippen molar-refractivity contribution in [1.82, 2.24) is 15.5 Å². The minimum Gasteiger partial charge on any atom is -0.358 e. The van der Waals surface area contributed by atoms with Gasteiger partial charge in [-0.25, -0.2) is 0 Å². The summed E-state index contributed by atoms with van der Waals surface area (Å²) in [4.78, 5) is 24.9. The second-order valence-corrected chi connectivity index (χ2v) is 4.97. The Morgan fingerprint density at radius 1 is 1.22 bits per heavy atom. The summed E-state index contributed by atoms with van der Waals surface area (Å²) in [6.45, 7) is 0.168. The van der Waals surface area contributed by atoms with Crippen LogP contribution in [0.15, 0.2) is 24.3 Å². The number of hydrogen-bond acceptors (Lipinski definition) is 3. The molecule has 5 nitrogen and oxygen atoms in total. The standard InChI is InChI=1S/C15H20F3N3O2/c1-19-7-6-14(23)21(10-13(22)20-2)9-11-4-3-5-12(8-11)15(16,17)18/h3-5,8,19H,6-7,9-10H2,1-2H3,(H,20,22). The molecule has 0 aromatic heterocycles. The lowest BCUT2D eigenvalue weighted by Crippen LogP contribution is -2.40. The Kier molecular flexibility index (Phi) is 7.02. The van der Waals surface area contributed by atoms with E-state index >= 15 is 0 Å². The quantitative estimate of drug-likeness (QED) is 0.794. The van der Waals surface area contributed by atoms with Gasteiger partial charge in [-0.05, 0) is 24.7 Å². The van der Waals surface area contributed by atoms with Gasteiger partial charge in [0, 0.05) is 26.6 Å². The fourth-order valence-corrected chi connectivity index (χ4v) is 1.94. The number of likely N-dealkylation sites (N-methyl/N-ethyl adjacent to an activating group) is 1. The molecule has 23 heavy (non-hydrogen) atoms. The van der Waals surface area contributed by atoms with E-state index in [4.69, 9.17) is 0 Å². The van der Waals surface area contributed by atoms with Crippen LogP contribution >= 0.6 is 0 Å². The predicted molar refractivity (Wildman–Crippen MR) is 79.5 cm³/mol. The first kappa shape index (κ1) is 19.0. The summed E-state index contributed by atoms with van der Waals surface area (Å²) < 4.78 is 38.2. The molecule has 0 saturated heterocycles. The van der Waals surface area contributed by atoms with E-state index < -0.39 is 11.7 Å². The minimum absolute atomic E-state index is 0.0557. The smallest absolute Gasteiger partial charge is 0.358 e. The highest BCUT2D eigenvalue weighted by Gasteiger charge is 2.30. The number of nitrogens with one attached hydrogen (secondary N) is 2.